The van der Waals surface area contributed by atoms with E-state index >= 15 is 4.39 Å². The summed E-state index contributed by atoms with van der Waals surface area (Å²) in [5.41, 5.74) is 0.298. The zero-order valence-electron chi connectivity index (χ0n) is 23.3. The largest absolute Gasteiger partial charge is 0.507 e. The van der Waals surface area contributed by atoms with Crippen LogP contribution in [0.2, 0.25) is 0 Å². The minimum atomic E-state index is -0.900. The number of piperazine rings is 1. The van der Waals surface area contributed by atoms with Crippen LogP contribution in [0.1, 0.15) is 31.2 Å². The zero-order chi connectivity index (χ0) is 29.9. The average molecular weight is 575 g/mol. The van der Waals surface area contributed by atoms with Gasteiger partial charge < -0.3 is 19.6 Å². The third-order valence-electron chi connectivity index (χ3n) is 7.74. The van der Waals surface area contributed by atoms with Crippen molar-refractivity contribution in [3.63, 3.8) is 0 Å². The highest BCUT2D eigenvalue weighted by molar-refractivity contribution is 5.96. The molecule has 1 amide bonds. The summed E-state index contributed by atoms with van der Waals surface area (Å²) in [4.78, 5) is 43.5. The summed E-state index contributed by atoms with van der Waals surface area (Å²) < 4.78 is 38.2. The first-order chi connectivity index (χ1) is 20.1. The molecule has 0 bridgehead atoms. The molecule has 1 atom stereocenters. The first-order valence-electron chi connectivity index (χ1n) is 13.5. The van der Waals surface area contributed by atoms with Crippen molar-refractivity contribution in [1.82, 2.24) is 24.4 Å². The fourth-order valence-electron chi connectivity index (χ4n) is 5.78. The molecule has 2 aliphatic heterocycles. The van der Waals surface area contributed by atoms with Crippen LogP contribution in [0.25, 0.3) is 28.0 Å². The van der Waals surface area contributed by atoms with E-state index < -0.39 is 34.2 Å². The highest BCUT2D eigenvalue weighted by Crippen LogP contribution is 2.42. The van der Waals surface area contributed by atoms with Gasteiger partial charge in [0.25, 0.3) is 0 Å². The molecule has 1 saturated heterocycles. The normalized spacial score (nSPS) is 16.3. The fourth-order valence-corrected chi connectivity index (χ4v) is 5.78. The van der Waals surface area contributed by atoms with Crippen molar-refractivity contribution < 1.29 is 23.4 Å². The first kappa shape index (κ1) is 27.3. The molecule has 3 aromatic heterocycles. The quantitative estimate of drug-likeness (QED) is 0.366. The molecule has 0 spiro atoms. The van der Waals surface area contributed by atoms with E-state index in [1.54, 1.807) is 11.8 Å². The summed E-state index contributed by atoms with van der Waals surface area (Å²) in [6.07, 6.45) is 2.65. The van der Waals surface area contributed by atoms with E-state index in [0.717, 1.165) is 6.07 Å². The van der Waals surface area contributed by atoms with Gasteiger partial charge in [0.15, 0.2) is 11.5 Å². The predicted octanol–water partition coefficient (Wildman–Crippen LogP) is 3.85. The van der Waals surface area contributed by atoms with Gasteiger partial charge in [0.1, 0.15) is 30.2 Å². The summed E-state index contributed by atoms with van der Waals surface area (Å²) in [5, 5.41) is 10.7. The van der Waals surface area contributed by atoms with Gasteiger partial charge in [-0.15, -0.1) is 0 Å². The van der Waals surface area contributed by atoms with Gasteiger partial charge in [-0.05, 0) is 37.1 Å². The van der Waals surface area contributed by atoms with Gasteiger partial charge >= 0.3 is 5.56 Å². The van der Waals surface area contributed by atoms with Crippen LogP contribution in [0.4, 0.5) is 14.5 Å². The number of phenolic OH excluding ortho intramolecular Hbond substituents is 1. The van der Waals surface area contributed by atoms with E-state index in [4.69, 9.17) is 4.74 Å². The van der Waals surface area contributed by atoms with Crippen LogP contribution in [0.3, 0.4) is 0 Å². The summed E-state index contributed by atoms with van der Waals surface area (Å²) >= 11 is 0. The van der Waals surface area contributed by atoms with Crippen LogP contribution in [0, 0.1) is 18.6 Å². The number of rotatable bonds is 4. The van der Waals surface area contributed by atoms with E-state index in [1.165, 1.54) is 35.2 Å². The van der Waals surface area contributed by atoms with E-state index in [1.807, 2.05) is 18.7 Å². The number of nitrogens with zero attached hydrogens (tertiary/aromatic N) is 6. The summed E-state index contributed by atoms with van der Waals surface area (Å²) in [6.45, 7) is 10.2. The number of hydrogen-bond acceptors (Lipinski definition) is 8. The monoisotopic (exact) mass is 574 g/mol. The standard InChI is InChI=1S/C30H28F2N6O4/c1-5-22(40)36-9-10-37-17(12-36)13-42-28-27(37)18-11-20(32)25(23-19(31)7-6-8-21(23)39)35-29(18)38(30(28)41)26-16(4)33-14-34-24(26)15(2)3/h5-8,11,14-15,17,39H,1,9-10,12-13H2,2-4H3/t17-/m1/s1. The second kappa shape index (κ2) is 10.2. The highest BCUT2D eigenvalue weighted by atomic mass is 19.1. The molecule has 6 rings (SSSR count). The van der Waals surface area contributed by atoms with Crippen molar-refractivity contribution in [3.8, 4) is 28.4 Å². The molecule has 0 aliphatic carbocycles. The number of aromatic nitrogens is 4. The Morgan fingerprint density at radius 2 is 1.98 bits per heavy atom. The number of carbonyl (C=O) groups excluding carboxylic acids is 1. The average Bonchev–Trinajstić information content (AvgIpc) is 2.97. The Kier molecular flexibility index (Phi) is 6.63. The number of aromatic hydroxyl groups is 1. The Morgan fingerprint density at radius 3 is 2.69 bits per heavy atom. The highest BCUT2D eigenvalue weighted by Gasteiger charge is 2.38. The van der Waals surface area contributed by atoms with Crippen LogP contribution in [0.5, 0.6) is 11.5 Å². The lowest BCUT2D eigenvalue weighted by molar-refractivity contribution is -0.127. The molecule has 2 aliphatic rings. The van der Waals surface area contributed by atoms with Crippen molar-refractivity contribution in [1.29, 1.82) is 0 Å². The SMILES string of the molecule is C=CC(=O)N1CCN2c3c(c(=O)n(-c4c(C)ncnc4C(C)C)c4nc(-c5c(O)cccc5F)c(F)cc34)OC[C@H]2C1. The van der Waals surface area contributed by atoms with Crippen LogP contribution < -0.4 is 15.2 Å². The van der Waals surface area contributed by atoms with Gasteiger partial charge in [-0.3, -0.25) is 14.2 Å². The number of fused-ring (bicyclic) bond motifs is 5. The second-order valence-electron chi connectivity index (χ2n) is 10.6. The van der Waals surface area contributed by atoms with E-state index in [0.29, 0.717) is 42.4 Å². The van der Waals surface area contributed by atoms with E-state index in [-0.39, 0.29) is 41.3 Å². The maximum Gasteiger partial charge on any atom is 0.301 e. The van der Waals surface area contributed by atoms with Crippen molar-refractivity contribution >= 4 is 22.6 Å². The van der Waals surface area contributed by atoms with Gasteiger partial charge in [0.2, 0.25) is 11.7 Å². The van der Waals surface area contributed by atoms with Gasteiger partial charge in [-0.2, -0.15) is 0 Å². The summed E-state index contributed by atoms with van der Waals surface area (Å²) in [6, 6.07) is 4.49. The number of hydrogen-bond donors (Lipinski definition) is 1. The lowest BCUT2D eigenvalue weighted by atomic mass is 10.0. The van der Waals surface area contributed by atoms with Crippen molar-refractivity contribution in [3.05, 3.63) is 76.6 Å². The molecular weight excluding hydrogens is 546 g/mol. The number of phenols is 1. The topological polar surface area (TPSA) is 114 Å². The number of aryl methyl sites for hydroxylation is 1. The minimum Gasteiger partial charge on any atom is -0.507 e. The lowest BCUT2D eigenvalue weighted by Crippen LogP contribution is -2.58. The molecule has 12 heteroatoms. The molecule has 10 nitrogen and oxygen atoms in total. The number of benzene rings is 1. The number of anilines is 1. The van der Waals surface area contributed by atoms with Gasteiger partial charge in [0, 0.05) is 25.0 Å². The van der Waals surface area contributed by atoms with Crippen molar-refractivity contribution in [2.24, 2.45) is 0 Å². The molecule has 0 unspecified atom stereocenters. The molecule has 0 radical (unpaired) electrons. The Bertz CT molecular complexity index is 1820. The molecule has 4 aromatic rings. The maximum atomic E-state index is 15.9. The third-order valence-corrected chi connectivity index (χ3v) is 7.74. The van der Waals surface area contributed by atoms with Crippen molar-refractivity contribution in [2.45, 2.75) is 32.7 Å². The molecule has 42 heavy (non-hydrogen) atoms. The predicted molar refractivity (Wildman–Crippen MR) is 152 cm³/mol. The maximum absolute atomic E-state index is 15.9. The van der Waals surface area contributed by atoms with E-state index in [9.17, 15) is 19.1 Å². The smallest absolute Gasteiger partial charge is 0.301 e. The van der Waals surface area contributed by atoms with Crippen LogP contribution in [-0.4, -0.2) is 67.7 Å². The molecule has 5 heterocycles. The Hall–Kier alpha value is -4.87. The Labute approximate surface area is 239 Å². The number of amides is 1. The number of halogens is 2. The van der Waals surface area contributed by atoms with Crippen LogP contribution >= 0.6 is 0 Å². The number of pyridine rings is 2. The van der Waals surface area contributed by atoms with E-state index in [2.05, 4.69) is 21.5 Å². The molecule has 1 fully saturated rings. The minimum absolute atomic E-state index is 0.00268. The Morgan fingerprint density at radius 1 is 1.19 bits per heavy atom. The van der Waals surface area contributed by atoms with Crippen LogP contribution in [-0.2, 0) is 4.79 Å². The molecular formula is C30H28F2N6O4. The molecule has 0 saturated carbocycles. The molecule has 216 valence electrons. The second-order valence-corrected chi connectivity index (χ2v) is 10.6. The number of carbonyl (C=O) groups is 1. The fraction of sp³-hybridized carbons (Fsp3) is 0.300. The van der Waals surface area contributed by atoms with Crippen molar-refractivity contribution in [2.75, 3.05) is 31.1 Å². The van der Waals surface area contributed by atoms with Gasteiger partial charge in [-0.1, -0.05) is 26.5 Å². The molecule has 1 N–H and O–H groups in total. The lowest BCUT2D eigenvalue weighted by Gasteiger charge is -2.45. The van der Waals surface area contributed by atoms with Crippen LogP contribution in [0.15, 0.2) is 48.0 Å². The third kappa shape index (κ3) is 4.16. The Balaban J connectivity index is 1.69. The first-order valence-corrected chi connectivity index (χ1v) is 13.5. The summed E-state index contributed by atoms with van der Waals surface area (Å²) in [5.74, 6) is -2.62. The van der Waals surface area contributed by atoms with Gasteiger partial charge in [0.05, 0.1) is 34.4 Å². The zero-order valence-corrected chi connectivity index (χ0v) is 23.3. The number of ether oxygens (including phenoxy) is 1. The summed E-state index contributed by atoms with van der Waals surface area (Å²) in [7, 11) is 0. The van der Waals surface area contributed by atoms with Gasteiger partial charge in [-0.25, -0.2) is 23.7 Å². The molecule has 1 aromatic carbocycles.